The van der Waals surface area contributed by atoms with Gasteiger partial charge in [0.05, 0.1) is 12.2 Å². The van der Waals surface area contributed by atoms with E-state index >= 15 is 0 Å². The number of rotatable bonds is 5. The van der Waals surface area contributed by atoms with E-state index in [0.29, 0.717) is 6.61 Å². The minimum Gasteiger partial charge on any atom is -0.493 e. The number of ketones is 1. The van der Waals surface area contributed by atoms with Crippen LogP contribution in [0.5, 0.6) is 5.75 Å². The molecule has 0 atom stereocenters. The monoisotopic (exact) mass is 303 g/mol. The predicted octanol–water partition coefficient (Wildman–Crippen LogP) is 3.96. The number of ether oxygens (including phenoxy) is 1. The van der Waals surface area contributed by atoms with Gasteiger partial charge in [-0.15, -0.1) is 0 Å². The Kier molecular flexibility index (Phi) is 5.63. The van der Waals surface area contributed by atoms with Crippen LogP contribution in [0.2, 0.25) is 0 Å². The van der Waals surface area contributed by atoms with Crippen LogP contribution in [0.25, 0.3) is 0 Å². The van der Waals surface area contributed by atoms with Gasteiger partial charge in [0.2, 0.25) is 0 Å². The van der Waals surface area contributed by atoms with Gasteiger partial charge in [-0.05, 0) is 55.5 Å². The normalized spacial score (nSPS) is 16.5. The quantitative estimate of drug-likeness (QED) is 0.837. The number of nitrogens with one attached hydrogen (secondary N) is 1. The molecule has 2 rings (SSSR count). The largest absolute Gasteiger partial charge is 0.493 e. The highest BCUT2D eigenvalue weighted by Crippen LogP contribution is 2.31. The smallest absolute Gasteiger partial charge is 0.169 e. The summed E-state index contributed by atoms with van der Waals surface area (Å²) in [5.41, 5.74) is 1.99. The lowest BCUT2D eigenvalue weighted by Gasteiger charge is -2.25. The van der Waals surface area contributed by atoms with Crippen LogP contribution < -0.4 is 10.1 Å². The summed E-state index contributed by atoms with van der Waals surface area (Å²) in [6.45, 7) is 11.1. The highest BCUT2D eigenvalue weighted by atomic mass is 16.5. The Labute approximate surface area is 134 Å². The lowest BCUT2D eigenvalue weighted by atomic mass is 9.83. The second kappa shape index (κ2) is 7.28. The summed E-state index contributed by atoms with van der Waals surface area (Å²) in [7, 11) is 0. The maximum Gasteiger partial charge on any atom is 0.169 e. The van der Waals surface area contributed by atoms with Gasteiger partial charge in [0.15, 0.2) is 5.78 Å². The fourth-order valence-electron chi connectivity index (χ4n) is 2.83. The van der Waals surface area contributed by atoms with Gasteiger partial charge in [-0.3, -0.25) is 4.79 Å². The summed E-state index contributed by atoms with van der Waals surface area (Å²) in [5.74, 6) is 1.12. The lowest BCUT2D eigenvalue weighted by molar-refractivity contribution is 0.0890. The molecular formula is C19H29NO2. The second-order valence-electron chi connectivity index (χ2n) is 7.20. The summed E-state index contributed by atoms with van der Waals surface area (Å²) in [6, 6.07) is 6.12. The molecule has 1 aliphatic heterocycles. The molecule has 0 amide bonds. The Morgan fingerprint density at radius 1 is 1.27 bits per heavy atom. The molecule has 0 aromatic heterocycles. The fourth-order valence-corrected chi connectivity index (χ4v) is 2.83. The average molecular weight is 303 g/mol. The molecule has 1 aromatic rings. The van der Waals surface area contributed by atoms with Gasteiger partial charge in [0.25, 0.3) is 0 Å². The fraction of sp³-hybridized carbons (Fsp3) is 0.632. The van der Waals surface area contributed by atoms with Crippen LogP contribution in [0, 0.1) is 5.92 Å². The standard InChI is InChI=1S/C19H29NO2/c1-5-12-22-17-7-6-15(19(2,3)4)13-16(17)18(21)14-8-10-20-11-9-14/h6-7,13-14,20H,5,8-12H2,1-4H3. The molecule has 0 bridgehead atoms. The van der Waals surface area contributed by atoms with Crippen LogP contribution >= 0.6 is 0 Å². The summed E-state index contributed by atoms with van der Waals surface area (Å²) >= 11 is 0. The number of carbonyl (C=O) groups is 1. The van der Waals surface area contributed by atoms with Crippen LogP contribution in [0.3, 0.4) is 0 Å². The SMILES string of the molecule is CCCOc1ccc(C(C)(C)C)cc1C(=O)C1CCNCC1. The minimum absolute atomic E-state index is 0.0342. The van der Waals surface area contributed by atoms with Gasteiger partial charge >= 0.3 is 0 Å². The number of hydrogen-bond donors (Lipinski definition) is 1. The van der Waals surface area contributed by atoms with Crippen molar-refractivity contribution >= 4 is 5.78 Å². The predicted molar refractivity (Wildman–Crippen MR) is 90.9 cm³/mol. The summed E-state index contributed by atoms with van der Waals surface area (Å²) < 4.78 is 5.83. The molecule has 122 valence electrons. The molecule has 0 saturated carbocycles. The Hall–Kier alpha value is -1.35. The minimum atomic E-state index is 0.0342. The molecule has 1 aliphatic rings. The zero-order valence-corrected chi connectivity index (χ0v) is 14.4. The molecule has 1 heterocycles. The van der Waals surface area contributed by atoms with Crippen molar-refractivity contribution in [3.05, 3.63) is 29.3 Å². The van der Waals surface area contributed by atoms with E-state index in [0.717, 1.165) is 43.7 Å². The van der Waals surface area contributed by atoms with E-state index in [1.54, 1.807) is 0 Å². The van der Waals surface area contributed by atoms with Crippen molar-refractivity contribution in [1.29, 1.82) is 0 Å². The first-order chi connectivity index (χ1) is 10.4. The topological polar surface area (TPSA) is 38.3 Å². The van der Waals surface area contributed by atoms with Crippen molar-refractivity contribution < 1.29 is 9.53 Å². The third-order valence-corrected chi connectivity index (χ3v) is 4.28. The first-order valence-electron chi connectivity index (χ1n) is 8.45. The lowest BCUT2D eigenvalue weighted by Crippen LogP contribution is -2.32. The Morgan fingerprint density at radius 2 is 1.95 bits per heavy atom. The van der Waals surface area contributed by atoms with Crippen LogP contribution in [-0.2, 0) is 5.41 Å². The van der Waals surface area contributed by atoms with Crippen molar-refractivity contribution in [2.75, 3.05) is 19.7 Å². The van der Waals surface area contributed by atoms with Gasteiger partial charge in [-0.25, -0.2) is 0 Å². The highest BCUT2D eigenvalue weighted by Gasteiger charge is 2.26. The molecule has 3 heteroatoms. The van der Waals surface area contributed by atoms with E-state index < -0.39 is 0 Å². The second-order valence-corrected chi connectivity index (χ2v) is 7.20. The van der Waals surface area contributed by atoms with Crippen LogP contribution in [0.4, 0.5) is 0 Å². The molecule has 1 fully saturated rings. The highest BCUT2D eigenvalue weighted by molar-refractivity contribution is 6.00. The Morgan fingerprint density at radius 3 is 2.55 bits per heavy atom. The van der Waals surface area contributed by atoms with Gasteiger partial charge in [0.1, 0.15) is 5.75 Å². The van der Waals surface area contributed by atoms with Crippen LogP contribution in [0.1, 0.15) is 62.9 Å². The zero-order valence-electron chi connectivity index (χ0n) is 14.4. The molecule has 0 unspecified atom stereocenters. The maximum absolute atomic E-state index is 13.0. The van der Waals surface area contributed by atoms with Crippen molar-refractivity contribution in [3.63, 3.8) is 0 Å². The number of carbonyl (C=O) groups excluding carboxylic acids is 1. The van der Waals surface area contributed by atoms with Crippen molar-refractivity contribution in [1.82, 2.24) is 5.32 Å². The Balaban J connectivity index is 2.33. The van der Waals surface area contributed by atoms with Gasteiger partial charge in [-0.2, -0.15) is 0 Å². The van der Waals surface area contributed by atoms with Gasteiger partial charge in [0, 0.05) is 5.92 Å². The third-order valence-electron chi connectivity index (χ3n) is 4.28. The molecule has 0 aliphatic carbocycles. The van der Waals surface area contributed by atoms with Crippen molar-refractivity contribution in [2.24, 2.45) is 5.92 Å². The molecule has 3 nitrogen and oxygen atoms in total. The Bertz CT molecular complexity index is 511. The summed E-state index contributed by atoms with van der Waals surface area (Å²) in [5, 5.41) is 3.32. The summed E-state index contributed by atoms with van der Waals surface area (Å²) in [4.78, 5) is 13.0. The van der Waals surface area contributed by atoms with Crippen LogP contribution in [0.15, 0.2) is 18.2 Å². The first kappa shape index (κ1) is 17.0. The molecular weight excluding hydrogens is 274 g/mol. The zero-order chi connectivity index (χ0) is 16.2. The molecule has 1 aromatic carbocycles. The number of piperidine rings is 1. The summed E-state index contributed by atoms with van der Waals surface area (Å²) in [6.07, 6.45) is 2.79. The number of hydrogen-bond acceptors (Lipinski definition) is 3. The van der Waals surface area contributed by atoms with E-state index in [-0.39, 0.29) is 17.1 Å². The average Bonchev–Trinajstić information content (AvgIpc) is 2.52. The van der Waals surface area contributed by atoms with Gasteiger partial charge in [-0.1, -0.05) is 33.8 Å². The van der Waals surface area contributed by atoms with E-state index in [9.17, 15) is 4.79 Å². The molecule has 22 heavy (non-hydrogen) atoms. The number of Topliss-reactive ketones (excluding diaryl/α,β-unsaturated/α-hetero) is 1. The van der Waals surface area contributed by atoms with Crippen LogP contribution in [-0.4, -0.2) is 25.5 Å². The maximum atomic E-state index is 13.0. The van der Waals surface area contributed by atoms with Crippen molar-refractivity contribution in [3.8, 4) is 5.75 Å². The molecule has 0 spiro atoms. The third kappa shape index (κ3) is 4.10. The van der Waals surface area contributed by atoms with Crippen molar-refractivity contribution in [2.45, 2.75) is 52.4 Å². The van der Waals surface area contributed by atoms with E-state index in [1.807, 2.05) is 6.07 Å². The van der Waals surface area contributed by atoms with E-state index in [2.05, 4.69) is 45.1 Å². The molecule has 1 saturated heterocycles. The number of benzene rings is 1. The van der Waals surface area contributed by atoms with E-state index in [4.69, 9.17) is 4.74 Å². The first-order valence-corrected chi connectivity index (χ1v) is 8.45. The molecule has 0 radical (unpaired) electrons. The van der Waals surface area contributed by atoms with Gasteiger partial charge < -0.3 is 10.1 Å². The van der Waals surface area contributed by atoms with E-state index in [1.165, 1.54) is 5.56 Å². The molecule has 1 N–H and O–H groups in total.